The molecule has 0 bridgehead atoms. The molecule has 19 aromatic rings. The second-order valence-corrected chi connectivity index (χ2v) is 28.1. The highest BCUT2D eigenvalue weighted by Crippen LogP contribution is 2.59. The molecule has 0 amide bonds. The van der Waals surface area contributed by atoms with Gasteiger partial charge in [0, 0.05) is 55.7 Å². The maximum Gasteiger partial charge on any atom is 0.135 e. The molecular formula is C104H70N2O2. The molecule has 0 spiro atoms. The fraction of sp³-hybridized carbons (Fsp3) is 0.0192. The minimum atomic E-state index is -0.485. The van der Waals surface area contributed by atoms with Gasteiger partial charge in [0.25, 0.3) is 0 Å². The Hall–Kier alpha value is -14.1. The summed E-state index contributed by atoms with van der Waals surface area (Å²) >= 11 is 0. The third-order valence-electron chi connectivity index (χ3n) is 22.3. The highest BCUT2D eigenvalue weighted by molar-refractivity contribution is 6.09. The molecule has 17 aromatic carbocycles. The molecule has 4 nitrogen and oxygen atoms in total. The van der Waals surface area contributed by atoms with Crippen LogP contribution in [-0.2, 0) is 10.8 Å². The Morgan fingerprint density at radius 2 is 0.426 bits per heavy atom. The van der Waals surface area contributed by atoms with Crippen LogP contribution in [0.4, 0.5) is 34.1 Å². The molecule has 0 saturated heterocycles. The summed E-state index contributed by atoms with van der Waals surface area (Å²) in [4.78, 5) is 4.66. The van der Waals surface area contributed by atoms with Crippen LogP contribution in [0.2, 0.25) is 0 Å². The molecule has 0 aliphatic heterocycles. The number of para-hydroxylation sites is 1. The van der Waals surface area contributed by atoms with Crippen molar-refractivity contribution in [3.8, 4) is 55.6 Å². The van der Waals surface area contributed by atoms with E-state index in [1.807, 2.05) is 0 Å². The van der Waals surface area contributed by atoms with Crippen molar-refractivity contribution in [1.82, 2.24) is 0 Å². The summed E-state index contributed by atoms with van der Waals surface area (Å²) in [7, 11) is 0. The molecule has 0 atom stereocenters. The Bertz CT molecular complexity index is 6340. The van der Waals surface area contributed by atoms with Gasteiger partial charge in [-0.15, -0.1) is 0 Å². The fourth-order valence-corrected chi connectivity index (χ4v) is 17.5. The minimum absolute atomic E-state index is 0.469. The van der Waals surface area contributed by atoms with Gasteiger partial charge in [-0.1, -0.05) is 328 Å². The van der Waals surface area contributed by atoms with E-state index in [-0.39, 0.29) is 0 Å². The van der Waals surface area contributed by atoms with Crippen molar-refractivity contribution in [2.45, 2.75) is 10.8 Å². The van der Waals surface area contributed by atoms with Gasteiger partial charge in [-0.3, -0.25) is 0 Å². The van der Waals surface area contributed by atoms with E-state index < -0.39 is 10.8 Å². The monoisotopic (exact) mass is 1380 g/mol. The third-order valence-corrected chi connectivity index (χ3v) is 22.3. The van der Waals surface area contributed by atoms with Gasteiger partial charge in [-0.05, 0) is 197 Å². The number of benzene rings is 17. The second kappa shape index (κ2) is 26.6. The quantitative estimate of drug-likeness (QED) is 0.115. The standard InChI is InChI=1S/C55H37NO.C49H33NO/c1-4-14-38(15-5-1)40-24-29-44(30-25-40)56(45-31-26-41(27-32-45)39-16-6-2-7-17-39)46-33-35-53-50(37-46)49-34-28-43(36-54(49)57-53)55(42-18-8-3-9-19-42)51-22-12-10-20-47(51)48-21-11-13-23-52(48)55;1-4-14-34(15-5-1)35-24-27-39(28-25-35)50(38-18-8-3-9-19-38)40-29-31-47-44(33-40)43-30-26-37(32-48(43)51-47)49(36-16-6-2-7-17-36)45-22-12-10-20-41(45)42-21-11-13-23-46(42)49/h1-37H;1-33H. The van der Waals surface area contributed by atoms with Gasteiger partial charge in [0.1, 0.15) is 22.3 Å². The van der Waals surface area contributed by atoms with E-state index >= 15 is 0 Å². The zero-order valence-corrected chi connectivity index (χ0v) is 59.1. The lowest BCUT2D eigenvalue weighted by atomic mass is 9.67. The summed E-state index contributed by atoms with van der Waals surface area (Å²) in [6.45, 7) is 0. The Morgan fingerprint density at radius 1 is 0.167 bits per heavy atom. The van der Waals surface area contributed by atoms with Crippen molar-refractivity contribution in [2.24, 2.45) is 0 Å². The average molecular weight is 1380 g/mol. The topological polar surface area (TPSA) is 32.8 Å². The second-order valence-electron chi connectivity index (χ2n) is 28.1. The average Bonchev–Trinajstić information content (AvgIpc) is 1.53. The number of anilines is 6. The van der Waals surface area contributed by atoms with Crippen molar-refractivity contribution < 1.29 is 8.83 Å². The van der Waals surface area contributed by atoms with Crippen molar-refractivity contribution in [3.05, 3.63) is 469 Å². The van der Waals surface area contributed by atoms with E-state index in [2.05, 4.69) is 434 Å². The number of fused-ring (bicyclic) bond motifs is 12. The predicted molar refractivity (Wildman–Crippen MR) is 448 cm³/mol. The van der Waals surface area contributed by atoms with E-state index in [9.17, 15) is 0 Å². The Balaban J connectivity index is 0.000000143. The highest BCUT2D eigenvalue weighted by Gasteiger charge is 2.48. The zero-order chi connectivity index (χ0) is 71.5. The Kier molecular flexibility index (Phi) is 15.7. The van der Waals surface area contributed by atoms with Crippen molar-refractivity contribution in [1.29, 1.82) is 0 Å². The maximum atomic E-state index is 6.77. The Labute approximate surface area is 628 Å². The van der Waals surface area contributed by atoms with E-state index in [0.29, 0.717) is 0 Å². The number of furan rings is 2. The molecule has 2 aliphatic rings. The van der Waals surface area contributed by atoms with Crippen LogP contribution in [-0.4, -0.2) is 0 Å². The molecule has 4 heteroatoms. The van der Waals surface area contributed by atoms with Crippen LogP contribution in [0.3, 0.4) is 0 Å². The molecule has 0 unspecified atom stereocenters. The number of rotatable bonds is 13. The summed E-state index contributed by atoms with van der Waals surface area (Å²) in [5.41, 5.74) is 31.4. The molecule has 2 heterocycles. The molecule has 2 aromatic heterocycles. The molecule has 0 fully saturated rings. The van der Waals surface area contributed by atoms with Gasteiger partial charge in [-0.2, -0.15) is 0 Å². The number of hydrogen-bond donors (Lipinski definition) is 0. The first-order valence-electron chi connectivity index (χ1n) is 37.1. The lowest BCUT2D eigenvalue weighted by molar-refractivity contribution is 0.665. The van der Waals surface area contributed by atoms with Crippen LogP contribution in [0.5, 0.6) is 0 Å². The molecule has 21 rings (SSSR count). The van der Waals surface area contributed by atoms with Gasteiger partial charge in [-0.25, -0.2) is 0 Å². The van der Waals surface area contributed by atoms with Crippen LogP contribution in [0.25, 0.3) is 99.5 Å². The molecule has 508 valence electrons. The van der Waals surface area contributed by atoms with E-state index in [0.717, 1.165) is 78.0 Å². The van der Waals surface area contributed by atoms with Crippen molar-refractivity contribution in [2.75, 3.05) is 9.80 Å². The smallest absolute Gasteiger partial charge is 0.135 e. The summed E-state index contributed by atoms with van der Waals surface area (Å²) in [6.07, 6.45) is 0. The molecule has 0 saturated carbocycles. The summed E-state index contributed by atoms with van der Waals surface area (Å²) in [6, 6.07) is 153. The van der Waals surface area contributed by atoms with Gasteiger partial charge >= 0.3 is 0 Å². The maximum absolute atomic E-state index is 6.77. The first-order valence-corrected chi connectivity index (χ1v) is 37.1. The first-order chi connectivity index (χ1) is 53.5. The van der Waals surface area contributed by atoms with Crippen molar-refractivity contribution in [3.63, 3.8) is 0 Å². The first kappa shape index (κ1) is 63.6. The van der Waals surface area contributed by atoms with Crippen LogP contribution in [0, 0.1) is 0 Å². The lowest BCUT2D eigenvalue weighted by Crippen LogP contribution is -2.28. The lowest BCUT2D eigenvalue weighted by Gasteiger charge is -2.33. The van der Waals surface area contributed by atoms with E-state index in [1.165, 1.54) is 100 Å². The van der Waals surface area contributed by atoms with Crippen LogP contribution >= 0.6 is 0 Å². The SMILES string of the molecule is c1ccc(-c2ccc(N(c3ccc(-c4ccccc4)cc3)c3ccc4oc5cc(C6(c7ccccc7)c7ccccc7-c7ccccc76)ccc5c4c3)cc2)cc1.c1ccc(-c2ccc(N(c3ccccc3)c3ccc4oc5cc(C6(c7ccccc7)c7ccccc7-c7ccccc76)ccc5c4c3)cc2)cc1. The largest absolute Gasteiger partial charge is 0.456 e. The van der Waals surface area contributed by atoms with Crippen LogP contribution in [0.1, 0.15) is 44.5 Å². The Morgan fingerprint density at radius 3 is 0.750 bits per heavy atom. The van der Waals surface area contributed by atoms with Gasteiger partial charge in [0.15, 0.2) is 0 Å². The number of hydrogen-bond acceptors (Lipinski definition) is 4. The van der Waals surface area contributed by atoms with Gasteiger partial charge in [0.05, 0.1) is 10.8 Å². The normalized spacial score (nSPS) is 12.8. The third kappa shape index (κ3) is 10.6. The highest BCUT2D eigenvalue weighted by atomic mass is 16.3. The molecule has 0 N–H and O–H groups in total. The molecule has 108 heavy (non-hydrogen) atoms. The minimum Gasteiger partial charge on any atom is -0.456 e. The van der Waals surface area contributed by atoms with Gasteiger partial charge < -0.3 is 18.6 Å². The van der Waals surface area contributed by atoms with Gasteiger partial charge in [0.2, 0.25) is 0 Å². The molecular weight excluding hydrogens is 1310 g/mol. The van der Waals surface area contributed by atoms with Crippen LogP contribution in [0.15, 0.2) is 433 Å². The number of nitrogens with zero attached hydrogens (tertiary/aromatic N) is 2. The predicted octanol–water partition coefficient (Wildman–Crippen LogP) is 27.8. The summed E-state index contributed by atoms with van der Waals surface area (Å²) < 4.78 is 13.5. The van der Waals surface area contributed by atoms with E-state index in [1.54, 1.807) is 0 Å². The van der Waals surface area contributed by atoms with E-state index in [4.69, 9.17) is 8.83 Å². The zero-order valence-electron chi connectivity index (χ0n) is 59.1. The fourth-order valence-electron chi connectivity index (χ4n) is 17.5. The van der Waals surface area contributed by atoms with Crippen molar-refractivity contribution >= 4 is 78.0 Å². The van der Waals surface area contributed by atoms with Crippen LogP contribution < -0.4 is 9.80 Å². The summed E-state index contributed by atoms with van der Waals surface area (Å²) in [5.74, 6) is 0. The molecule has 2 aliphatic carbocycles. The summed E-state index contributed by atoms with van der Waals surface area (Å²) in [5, 5.41) is 4.38. The molecule has 0 radical (unpaired) electrons.